The second-order valence-corrected chi connectivity index (χ2v) is 2.67. The van der Waals surface area contributed by atoms with Crippen molar-refractivity contribution >= 4 is 5.71 Å². The zero-order valence-corrected chi connectivity index (χ0v) is 4.85. The second kappa shape index (κ2) is 1.24. The minimum atomic E-state index is 0.602. The maximum atomic E-state index is 7.40. The molecule has 0 fully saturated rings. The highest BCUT2D eigenvalue weighted by Gasteiger charge is 2.34. The van der Waals surface area contributed by atoms with Crippen molar-refractivity contribution in [3.8, 4) is 0 Å². The molecule has 2 rings (SSSR count). The minimum absolute atomic E-state index is 0.602. The molecular weight excluding hydrogens is 100 g/mol. The number of hydrogen-bond donors (Lipinski definition) is 0. The van der Waals surface area contributed by atoms with E-state index in [0.29, 0.717) is 6.04 Å². The van der Waals surface area contributed by atoms with Crippen LogP contribution in [0.4, 0.5) is 0 Å². The molecule has 1 N–H and O–H groups in total. The number of nitrogens with one attached hydrogen (secondary N) is 1. The van der Waals surface area contributed by atoms with Crippen molar-refractivity contribution in [1.82, 2.24) is 0 Å². The van der Waals surface area contributed by atoms with E-state index in [2.05, 4.69) is 0 Å². The molecule has 0 saturated carbocycles. The van der Waals surface area contributed by atoms with Crippen LogP contribution in [0.3, 0.4) is 0 Å². The first-order valence-electron chi connectivity index (χ1n) is 3.23. The highest BCUT2D eigenvalue weighted by atomic mass is 15.4. The summed E-state index contributed by atoms with van der Waals surface area (Å²) in [4.78, 5) is 0. The molecule has 2 bridgehead atoms. The van der Waals surface area contributed by atoms with Gasteiger partial charge in [0.05, 0.1) is 0 Å². The average Bonchev–Trinajstić information content (AvgIpc) is 2.29. The fraction of sp³-hybridized carbons (Fsp3) is 0.833. The molecule has 0 aromatic heterocycles. The van der Waals surface area contributed by atoms with E-state index in [1.165, 1.54) is 31.4 Å². The Morgan fingerprint density at radius 2 is 2.00 bits per heavy atom. The minimum Gasteiger partial charge on any atom is -0.454 e. The predicted molar refractivity (Wildman–Crippen MR) is 31.8 cm³/mol. The lowest BCUT2D eigenvalue weighted by Crippen LogP contribution is -2.08. The standard InChI is InChI=1S/C6H10N2/c7-8-5-1-2-6(8)4-3-5/h5,7H,1-4H2. The molecule has 44 valence electrons. The summed E-state index contributed by atoms with van der Waals surface area (Å²) in [5.74, 6) is 7.40. The quantitative estimate of drug-likeness (QED) is 0.421. The zero-order chi connectivity index (χ0) is 5.56. The Hall–Kier alpha value is -0.530. The first-order chi connectivity index (χ1) is 3.88. The molecule has 0 aromatic rings. The van der Waals surface area contributed by atoms with Crippen LogP contribution in [0.1, 0.15) is 25.7 Å². The van der Waals surface area contributed by atoms with Crippen LogP contribution in [0.2, 0.25) is 0 Å². The third-order valence-corrected chi connectivity index (χ3v) is 2.24. The summed E-state index contributed by atoms with van der Waals surface area (Å²) >= 11 is 0. The Kier molecular flexibility index (Phi) is 0.678. The first kappa shape index (κ1) is 4.36. The van der Waals surface area contributed by atoms with Crippen molar-refractivity contribution in [3.05, 3.63) is 5.84 Å². The summed E-state index contributed by atoms with van der Waals surface area (Å²) in [6, 6.07) is 0.602. The van der Waals surface area contributed by atoms with Crippen molar-refractivity contribution in [2.24, 2.45) is 0 Å². The van der Waals surface area contributed by atoms with Crippen LogP contribution in [-0.4, -0.2) is 16.4 Å². The molecule has 2 nitrogen and oxygen atoms in total. The maximum absolute atomic E-state index is 7.40. The Balaban J connectivity index is 2.34. The fourth-order valence-electron chi connectivity index (χ4n) is 1.69. The highest BCUT2D eigenvalue weighted by Crippen LogP contribution is 2.26. The average molecular weight is 110 g/mol. The van der Waals surface area contributed by atoms with Crippen LogP contribution in [0, 0.1) is 0 Å². The van der Waals surface area contributed by atoms with E-state index in [9.17, 15) is 0 Å². The van der Waals surface area contributed by atoms with Gasteiger partial charge in [-0.05, 0) is 0 Å². The van der Waals surface area contributed by atoms with Crippen molar-refractivity contribution < 1.29 is 4.68 Å². The first-order valence-corrected chi connectivity index (χ1v) is 3.23. The molecule has 0 radical (unpaired) electrons. The summed E-state index contributed by atoms with van der Waals surface area (Å²) in [5.41, 5.74) is 1.37. The number of hydrogen-bond acceptors (Lipinski definition) is 0. The number of fused-ring (bicyclic) bond motifs is 1. The van der Waals surface area contributed by atoms with Crippen molar-refractivity contribution in [1.29, 1.82) is 0 Å². The molecule has 0 aliphatic carbocycles. The van der Waals surface area contributed by atoms with Gasteiger partial charge in [0.2, 0.25) is 0 Å². The van der Waals surface area contributed by atoms with Gasteiger partial charge >= 0.3 is 0 Å². The van der Waals surface area contributed by atoms with Gasteiger partial charge in [-0.1, -0.05) is 0 Å². The second-order valence-electron chi connectivity index (χ2n) is 2.67. The summed E-state index contributed by atoms with van der Waals surface area (Å²) in [7, 11) is 0. The van der Waals surface area contributed by atoms with E-state index in [1.807, 2.05) is 0 Å². The van der Waals surface area contributed by atoms with Crippen LogP contribution >= 0.6 is 0 Å². The molecule has 0 aromatic carbocycles. The number of nitrogens with zero attached hydrogens (tertiary/aromatic N) is 1. The largest absolute Gasteiger partial charge is 0.454 e. The summed E-state index contributed by atoms with van der Waals surface area (Å²) < 4.78 is 1.72. The number of rotatable bonds is 0. The predicted octanol–water partition coefficient (Wildman–Crippen LogP) is 1.36. The van der Waals surface area contributed by atoms with Gasteiger partial charge in [0.25, 0.3) is 0 Å². The third kappa shape index (κ3) is 0.358. The van der Waals surface area contributed by atoms with E-state index >= 15 is 0 Å². The molecule has 2 heteroatoms. The van der Waals surface area contributed by atoms with Gasteiger partial charge in [-0.15, -0.1) is 0 Å². The molecule has 0 saturated heterocycles. The van der Waals surface area contributed by atoms with Crippen LogP contribution < -0.4 is 0 Å². The van der Waals surface area contributed by atoms with E-state index in [1.54, 1.807) is 4.68 Å². The lowest BCUT2D eigenvalue weighted by molar-refractivity contribution is -0.483. The summed E-state index contributed by atoms with van der Waals surface area (Å²) in [6.45, 7) is 0. The van der Waals surface area contributed by atoms with Gasteiger partial charge in [0.15, 0.2) is 0 Å². The van der Waals surface area contributed by atoms with E-state index in [-0.39, 0.29) is 0 Å². The molecule has 2 aliphatic rings. The third-order valence-electron chi connectivity index (χ3n) is 2.24. The monoisotopic (exact) mass is 110 g/mol. The van der Waals surface area contributed by atoms with E-state index in [0.717, 1.165) is 0 Å². The van der Waals surface area contributed by atoms with Crippen molar-refractivity contribution in [2.45, 2.75) is 31.7 Å². The van der Waals surface area contributed by atoms with Crippen molar-refractivity contribution in [2.75, 3.05) is 0 Å². The van der Waals surface area contributed by atoms with Crippen molar-refractivity contribution in [3.63, 3.8) is 0 Å². The smallest absolute Gasteiger partial charge is 0.148 e. The molecule has 0 spiro atoms. The van der Waals surface area contributed by atoms with Crippen LogP contribution in [0.25, 0.3) is 5.84 Å². The van der Waals surface area contributed by atoms with E-state index in [4.69, 9.17) is 5.84 Å². The van der Waals surface area contributed by atoms with Gasteiger partial charge in [0, 0.05) is 25.7 Å². The zero-order valence-electron chi connectivity index (χ0n) is 4.85. The fourth-order valence-corrected chi connectivity index (χ4v) is 1.69. The molecule has 8 heavy (non-hydrogen) atoms. The maximum Gasteiger partial charge on any atom is 0.148 e. The molecule has 0 atom stereocenters. The highest BCUT2D eigenvalue weighted by molar-refractivity contribution is 5.82. The van der Waals surface area contributed by atoms with Crippen LogP contribution in [0.5, 0.6) is 0 Å². The van der Waals surface area contributed by atoms with Gasteiger partial charge < -0.3 is 5.84 Å². The van der Waals surface area contributed by atoms with Crippen LogP contribution in [0.15, 0.2) is 0 Å². The Morgan fingerprint density at radius 3 is 2.12 bits per heavy atom. The topological polar surface area (TPSA) is 26.8 Å². The molecule has 0 unspecified atom stereocenters. The Bertz CT molecular complexity index is 139. The summed E-state index contributed by atoms with van der Waals surface area (Å²) in [5, 5.41) is 0. The van der Waals surface area contributed by atoms with Gasteiger partial charge in [0.1, 0.15) is 11.8 Å². The van der Waals surface area contributed by atoms with Gasteiger partial charge in [-0.2, -0.15) is 0 Å². The molecule has 0 amide bonds. The van der Waals surface area contributed by atoms with Crippen LogP contribution in [-0.2, 0) is 0 Å². The SMILES string of the molecule is [NH-][N+]1=C2CCC1CC2. The van der Waals surface area contributed by atoms with Gasteiger partial charge in [-0.3, -0.25) is 4.68 Å². The Morgan fingerprint density at radius 1 is 1.38 bits per heavy atom. The normalized spacial score (nSPS) is 28.0. The Labute approximate surface area is 49.0 Å². The molecular formula is C6H10N2. The van der Waals surface area contributed by atoms with Gasteiger partial charge in [-0.25, -0.2) is 0 Å². The lowest BCUT2D eigenvalue weighted by atomic mass is 10.0. The molecule has 2 heterocycles. The summed E-state index contributed by atoms with van der Waals surface area (Å²) in [6.07, 6.45) is 4.90. The van der Waals surface area contributed by atoms with E-state index < -0.39 is 0 Å². The molecule has 2 aliphatic heterocycles. The lowest BCUT2D eigenvalue weighted by Gasteiger charge is -2.03.